The molecule has 1 aliphatic rings. The SMILES string of the molecule is COC1CCCC(CCl)(OCc2ccccc2)O1. The van der Waals surface area contributed by atoms with E-state index in [2.05, 4.69) is 0 Å². The molecule has 0 N–H and O–H groups in total. The molecular weight excluding hydrogens is 252 g/mol. The Labute approximate surface area is 113 Å². The average Bonchev–Trinajstić information content (AvgIpc) is 2.46. The lowest BCUT2D eigenvalue weighted by Crippen LogP contribution is -2.45. The first-order chi connectivity index (χ1) is 8.78. The van der Waals surface area contributed by atoms with Gasteiger partial charge in [-0.2, -0.15) is 0 Å². The molecule has 3 nitrogen and oxygen atoms in total. The minimum atomic E-state index is -0.712. The van der Waals surface area contributed by atoms with Crippen LogP contribution >= 0.6 is 11.6 Å². The van der Waals surface area contributed by atoms with Crippen molar-refractivity contribution in [1.29, 1.82) is 0 Å². The van der Waals surface area contributed by atoms with Gasteiger partial charge in [0.2, 0.25) is 0 Å². The van der Waals surface area contributed by atoms with Gasteiger partial charge in [-0.1, -0.05) is 30.3 Å². The van der Waals surface area contributed by atoms with E-state index in [9.17, 15) is 0 Å². The molecule has 1 aromatic carbocycles. The Morgan fingerprint density at radius 3 is 2.83 bits per heavy atom. The second-order valence-corrected chi connectivity index (χ2v) is 4.76. The quantitative estimate of drug-likeness (QED) is 0.769. The molecule has 1 aromatic rings. The Bertz CT molecular complexity index is 357. The van der Waals surface area contributed by atoms with Crippen molar-refractivity contribution in [3.8, 4) is 0 Å². The molecule has 4 heteroatoms. The van der Waals surface area contributed by atoms with Crippen LogP contribution in [0.15, 0.2) is 30.3 Å². The van der Waals surface area contributed by atoms with Gasteiger partial charge in [-0.05, 0) is 18.4 Å². The number of alkyl halides is 1. The van der Waals surface area contributed by atoms with Gasteiger partial charge in [0, 0.05) is 13.5 Å². The summed E-state index contributed by atoms with van der Waals surface area (Å²) in [5, 5.41) is 0. The summed E-state index contributed by atoms with van der Waals surface area (Å²) >= 11 is 6.02. The number of ether oxygens (including phenoxy) is 3. The molecule has 0 amide bonds. The summed E-state index contributed by atoms with van der Waals surface area (Å²) in [6, 6.07) is 10.0. The Kier molecular flexibility index (Phi) is 5.01. The summed E-state index contributed by atoms with van der Waals surface area (Å²) in [4.78, 5) is 0. The largest absolute Gasteiger partial charge is 0.356 e. The van der Waals surface area contributed by atoms with Gasteiger partial charge in [-0.3, -0.25) is 0 Å². The van der Waals surface area contributed by atoms with E-state index in [4.69, 9.17) is 25.8 Å². The van der Waals surface area contributed by atoms with Gasteiger partial charge in [-0.25, -0.2) is 0 Å². The van der Waals surface area contributed by atoms with Gasteiger partial charge in [0.05, 0.1) is 12.5 Å². The minimum Gasteiger partial charge on any atom is -0.356 e. The first kappa shape index (κ1) is 13.8. The van der Waals surface area contributed by atoms with Crippen LogP contribution in [0.2, 0.25) is 0 Å². The van der Waals surface area contributed by atoms with E-state index in [0.29, 0.717) is 12.5 Å². The lowest BCUT2D eigenvalue weighted by Gasteiger charge is -2.39. The van der Waals surface area contributed by atoms with Gasteiger partial charge in [0.25, 0.3) is 0 Å². The molecule has 18 heavy (non-hydrogen) atoms. The average molecular weight is 271 g/mol. The summed E-state index contributed by atoms with van der Waals surface area (Å²) in [6.07, 6.45) is 2.49. The van der Waals surface area contributed by atoms with Crippen LogP contribution in [-0.4, -0.2) is 25.1 Å². The molecule has 1 fully saturated rings. The van der Waals surface area contributed by atoms with Crippen molar-refractivity contribution in [2.45, 2.75) is 37.9 Å². The summed E-state index contributed by atoms with van der Waals surface area (Å²) in [5.74, 6) is -0.393. The fourth-order valence-electron chi connectivity index (χ4n) is 2.09. The van der Waals surface area contributed by atoms with Crippen LogP contribution in [0.3, 0.4) is 0 Å². The van der Waals surface area contributed by atoms with Crippen molar-refractivity contribution in [3.05, 3.63) is 35.9 Å². The van der Waals surface area contributed by atoms with E-state index in [1.807, 2.05) is 30.3 Å². The third-order valence-corrected chi connectivity index (χ3v) is 3.56. The van der Waals surface area contributed by atoms with E-state index in [0.717, 1.165) is 24.8 Å². The topological polar surface area (TPSA) is 27.7 Å². The molecule has 0 bridgehead atoms. The fourth-order valence-corrected chi connectivity index (χ4v) is 2.37. The van der Waals surface area contributed by atoms with Gasteiger partial charge in [-0.15, -0.1) is 11.6 Å². The molecule has 1 heterocycles. The molecule has 0 aliphatic carbocycles. The zero-order valence-corrected chi connectivity index (χ0v) is 11.4. The van der Waals surface area contributed by atoms with E-state index >= 15 is 0 Å². The molecule has 2 rings (SSSR count). The van der Waals surface area contributed by atoms with Gasteiger partial charge in [0.15, 0.2) is 12.1 Å². The number of hydrogen-bond acceptors (Lipinski definition) is 3. The Morgan fingerprint density at radius 1 is 1.39 bits per heavy atom. The molecular formula is C14H19ClO3. The number of benzene rings is 1. The summed E-state index contributed by atoms with van der Waals surface area (Å²) in [6.45, 7) is 0.504. The molecule has 0 aromatic heterocycles. The van der Waals surface area contributed by atoms with Crippen LogP contribution in [0, 0.1) is 0 Å². The molecule has 100 valence electrons. The lowest BCUT2D eigenvalue weighted by atomic mass is 10.1. The first-order valence-corrected chi connectivity index (χ1v) is 6.76. The van der Waals surface area contributed by atoms with Crippen LogP contribution in [-0.2, 0) is 20.8 Å². The smallest absolute Gasteiger partial charge is 0.185 e. The maximum atomic E-state index is 6.02. The molecule has 1 aliphatic heterocycles. The molecule has 0 radical (unpaired) electrons. The maximum absolute atomic E-state index is 6.02. The van der Waals surface area contributed by atoms with Crippen LogP contribution in [0.25, 0.3) is 0 Å². The Morgan fingerprint density at radius 2 is 2.17 bits per heavy atom. The van der Waals surface area contributed by atoms with Crippen LogP contribution in [0.4, 0.5) is 0 Å². The first-order valence-electron chi connectivity index (χ1n) is 6.22. The van der Waals surface area contributed by atoms with E-state index in [1.54, 1.807) is 7.11 Å². The van der Waals surface area contributed by atoms with Crippen molar-refractivity contribution >= 4 is 11.6 Å². The molecule has 1 saturated heterocycles. The second kappa shape index (κ2) is 6.53. The predicted octanol–water partition coefficient (Wildman–Crippen LogP) is 3.31. The zero-order chi connectivity index (χ0) is 12.8. The zero-order valence-electron chi connectivity index (χ0n) is 10.6. The van der Waals surface area contributed by atoms with Crippen LogP contribution in [0.5, 0.6) is 0 Å². The number of hydrogen-bond donors (Lipinski definition) is 0. The lowest BCUT2D eigenvalue weighted by molar-refractivity contribution is -0.319. The van der Waals surface area contributed by atoms with E-state index < -0.39 is 5.79 Å². The van der Waals surface area contributed by atoms with Crippen LogP contribution in [0.1, 0.15) is 24.8 Å². The highest BCUT2D eigenvalue weighted by Crippen LogP contribution is 2.32. The normalized spacial score (nSPS) is 28.2. The minimum absolute atomic E-state index is 0.215. The highest BCUT2D eigenvalue weighted by molar-refractivity contribution is 6.18. The number of methoxy groups -OCH3 is 1. The van der Waals surface area contributed by atoms with Crippen molar-refractivity contribution in [3.63, 3.8) is 0 Å². The summed E-state index contributed by atoms with van der Waals surface area (Å²) < 4.78 is 17.0. The fraction of sp³-hybridized carbons (Fsp3) is 0.571. The monoisotopic (exact) mass is 270 g/mol. The van der Waals surface area contributed by atoms with Crippen molar-refractivity contribution in [2.24, 2.45) is 0 Å². The molecule has 2 atom stereocenters. The van der Waals surface area contributed by atoms with Crippen molar-refractivity contribution in [2.75, 3.05) is 13.0 Å². The van der Waals surface area contributed by atoms with Gasteiger partial charge < -0.3 is 14.2 Å². The highest BCUT2D eigenvalue weighted by Gasteiger charge is 2.37. The molecule has 0 saturated carbocycles. The van der Waals surface area contributed by atoms with Gasteiger partial charge in [0.1, 0.15) is 0 Å². The summed E-state index contributed by atoms with van der Waals surface area (Å²) in [7, 11) is 1.65. The van der Waals surface area contributed by atoms with Crippen molar-refractivity contribution in [1.82, 2.24) is 0 Å². The Balaban J connectivity index is 1.95. The van der Waals surface area contributed by atoms with E-state index in [-0.39, 0.29) is 6.29 Å². The van der Waals surface area contributed by atoms with E-state index in [1.165, 1.54) is 0 Å². The standard InChI is InChI=1S/C14H19ClO3/c1-16-13-8-5-9-14(11-15,18-13)17-10-12-6-3-2-4-7-12/h2-4,6-7,13H,5,8-11H2,1H3. The maximum Gasteiger partial charge on any atom is 0.185 e. The number of halogens is 1. The highest BCUT2D eigenvalue weighted by atomic mass is 35.5. The Hall–Kier alpha value is -0.610. The molecule has 2 unspecified atom stereocenters. The second-order valence-electron chi connectivity index (χ2n) is 4.49. The predicted molar refractivity (Wildman–Crippen MR) is 70.4 cm³/mol. The van der Waals surface area contributed by atoms with Crippen LogP contribution < -0.4 is 0 Å². The molecule has 0 spiro atoms. The van der Waals surface area contributed by atoms with Gasteiger partial charge >= 0.3 is 0 Å². The summed E-state index contributed by atoms with van der Waals surface area (Å²) in [5.41, 5.74) is 1.12. The van der Waals surface area contributed by atoms with Crippen molar-refractivity contribution < 1.29 is 14.2 Å². The number of rotatable bonds is 5. The third kappa shape index (κ3) is 3.45. The third-order valence-electron chi connectivity index (χ3n) is 3.15.